The molecule has 0 radical (unpaired) electrons. The number of rotatable bonds is 6. The molecule has 0 aliphatic carbocycles. The third kappa shape index (κ3) is 5.54. The summed E-state index contributed by atoms with van der Waals surface area (Å²) in [6.07, 6.45) is -3.07. The zero-order chi connectivity index (χ0) is 13.6. The van der Waals surface area contributed by atoms with Gasteiger partial charge in [-0.2, -0.15) is 13.2 Å². The number of halogens is 3. The maximum absolute atomic E-state index is 12.2. The Balaban J connectivity index is 2.51. The number of likely N-dealkylation sites (N-methyl/N-ethyl adjacent to an activating group) is 1. The van der Waals surface area contributed by atoms with Gasteiger partial charge in [-0.25, -0.2) is 0 Å². The predicted molar refractivity (Wildman–Crippen MR) is 67.7 cm³/mol. The van der Waals surface area contributed by atoms with Gasteiger partial charge in [0.05, 0.1) is 0 Å². The van der Waals surface area contributed by atoms with E-state index in [1.54, 1.807) is 7.05 Å². The maximum atomic E-state index is 12.2. The van der Waals surface area contributed by atoms with Crippen LogP contribution >= 0.6 is 0 Å². The zero-order valence-corrected chi connectivity index (χ0v) is 10.8. The molecule has 18 heavy (non-hydrogen) atoms. The minimum absolute atomic E-state index is 0.121. The summed E-state index contributed by atoms with van der Waals surface area (Å²) < 4.78 is 36.5. The SMILES string of the molecule is CCc1ccc(CC(CCC(F)(F)F)NC)cc1. The summed E-state index contributed by atoms with van der Waals surface area (Å²) in [6, 6.07) is 7.93. The van der Waals surface area contributed by atoms with Crippen molar-refractivity contribution < 1.29 is 13.2 Å². The van der Waals surface area contributed by atoms with Gasteiger partial charge in [-0.15, -0.1) is 0 Å². The summed E-state index contributed by atoms with van der Waals surface area (Å²) in [5.74, 6) is 0. The molecule has 1 unspecified atom stereocenters. The molecule has 1 aromatic rings. The first-order chi connectivity index (χ1) is 8.44. The molecule has 4 heteroatoms. The van der Waals surface area contributed by atoms with Crippen LogP contribution in [-0.2, 0) is 12.8 Å². The van der Waals surface area contributed by atoms with Crippen LogP contribution in [0.2, 0.25) is 0 Å². The first-order valence-electron chi connectivity index (χ1n) is 6.26. The predicted octanol–water partition coefficient (Wildman–Crippen LogP) is 3.72. The van der Waals surface area contributed by atoms with Crippen molar-refractivity contribution >= 4 is 0 Å². The number of hydrogen-bond donors (Lipinski definition) is 1. The average Bonchev–Trinajstić information content (AvgIpc) is 2.34. The highest BCUT2D eigenvalue weighted by Gasteiger charge is 2.27. The molecule has 0 fully saturated rings. The molecule has 0 aliphatic rings. The molecule has 0 aromatic heterocycles. The Labute approximate surface area is 106 Å². The molecule has 0 bridgehead atoms. The van der Waals surface area contributed by atoms with Crippen molar-refractivity contribution in [1.82, 2.24) is 5.32 Å². The van der Waals surface area contributed by atoms with E-state index in [1.807, 2.05) is 24.3 Å². The first-order valence-corrected chi connectivity index (χ1v) is 6.26. The molecule has 0 amide bonds. The summed E-state index contributed by atoms with van der Waals surface area (Å²) in [6.45, 7) is 2.08. The lowest BCUT2D eigenvalue weighted by Crippen LogP contribution is -2.29. The molecule has 0 saturated heterocycles. The topological polar surface area (TPSA) is 12.0 Å². The van der Waals surface area contributed by atoms with Crippen LogP contribution in [0.25, 0.3) is 0 Å². The van der Waals surface area contributed by atoms with E-state index >= 15 is 0 Å². The molecule has 1 N–H and O–H groups in total. The monoisotopic (exact) mass is 259 g/mol. The van der Waals surface area contributed by atoms with Crippen LogP contribution in [0, 0.1) is 0 Å². The van der Waals surface area contributed by atoms with Gasteiger partial charge in [0.2, 0.25) is 0 Å². The highest BCUT2D eigenvalue weighted by atomic mass is 19.4. The fourth-order valence-electron chi connectivity index (χ4n) is 1.88. The first kappa shape index (κ1) is 15.0. The van der Waals surface area contributed by atoms with E-state index < -0.39 is 12.6 Å². The molecular weight excluding hydrogens is 239 g/mol. The van der Waals surface area contributed by atoms with Gasteiger partial charge in [0, 0.05) is 12.5 Å². The summed E-state index contributed by atoms with van der Waals surface area (Å²) >= 11 is 0. The van der Waals surface area contributed by atoms with Gasteiger partial charge in [-0.1, -0.05) is 31.2 Å². The Morgan fingerprint density at radius 3 is 2.11 bits per heavy atom. The maximum Gasteiger partial charge on any atom is 0.389 e. The van der Waals surface area contributed by atoms with Gasteiger partial charge in [-0.05, 0) is 37.4 Å². The van der Waals surface area contributed by atoms with Crippen LogP contribution in [0.3, 0.4) is 0 Å². The number of benzene rings is 1. The van der Waals surface area contributed by atoms with Crippen molar-refractivity contribution in [3.63, 3.8) is 0 Å². The third-order valence-corrected chi connectivity index (χ3v) is 3.10. The van der Waals surface area contributed by atoms with Gasteiger partial charge in [0.15, 0.2) is 0 Å². The van der Waals surface area contributed by atoms with E-state index in [4.69, 9.17) is 0 Å². The van der Waals surface area contributed by atoms with Crippen molar-refractivity contribution in [2.45, 2.75) is 44.8 Å². The summed E-state index contributed by atoms with van der Waals surface area (Å²) in [5, 5.41) is 2.95. The Kier molecular flexibility index (Phi) is 5.66. The van der Waals surface area contributed by atoms with E-state index in [-0.39, 0.29) is 12.5 Å². The van der Waals surface area contributed by atoms with Crippen molar-refractivity contribution in [3.8, 4) is 0 Å². The highest BCUT2D eigenvalue weighted by molar-refractivity contribution is 5.23. The molecule has 0 spiro atoms. The summed E-state index contributed by atoms with van der Waals surface area (Å²) in [4.78, 5) is 0. The zero-order valence-electron chi connectivity index (χ0n) is 10.8. The number of aryl methyl sites for hydroxylation is 1. The third-order valence-electron chi connectivity index (χ3n) is 3.10. The van der Waals surface area contributed by atoms with Gasteiger partial charge < -0.3 is 5.32 Å². The largest absolute Gasteiger partial charge is 0.389 e. The van der Waals surface area contributed by atoms with Crippen molar-refractivity contribution in [2.24, 2.45) is 0 Å². The summed E-state index contributed by atoms with van der Waals surface area (Å²) in [7, 11) is 1.71. The number of hydrogen-bond acceptors (Lipinski definition) is 1. The van der Waals surface area contributed by atoms with Crippen LogP contribution in [0.5, 0.6) is 0 Å². The number of nitrogens with one attached hydrogen (secondary N) is 1. The van der Waals surface area contributed by atoms with Crippen LogP contribution in [0.1, 0.15) is 30.9 Å². The fraction of sp³-hybridized carbons (Fsp3) is 0.571. The standard InChI is InChI=1S/C14H20F3N/c1-3-11-4-6-12(7-5-11)10-13(18-2)8-9-14(15,16)17/h4-7,13,18H,3,8-10H2,1-2H3. The normalized spacial score (nSPS) is 13.6. The minimum atomic E-state index is -4.07. The second kappa shape index (κ2) is 6.78. The minimum Gasteiger partial charge on any atom is -0.317 e. The second-order valence-electron chi connectivity index (χ2n) is 4.51. The van der Waals surface area contributed by atoms with Gasteiger partial charge >= 0.3 is 6.18 Å². The summed E-state index contributed by atoms with van der Waals surface area (Å²) in [5.41, 5.74) is 2.32. The van der Waals surface area contributed by atoms with Gasteiger partial charge in [0.1, 0.15) is 0 Å². The molecule has 1 rings (SSSR count). The van der Waals surface area contributed by atoms with Crippen molar-refractivity contribution in [1.29, 1.82) is 0 Å². The lowest BCUT2D eigenvalue weighted by Gasteiger charge is -2.17. The second-order valence-corrected chi connectivity index (χ2v) is 4.51. The smallest absolute Gasteiger partial charge is 0.317 e. The van der Waals surface area contributed by atoms with E-state index in [0.717, 1.165) is 12.0 Å². The van der Waals surface area contributed by atoms with Gasteiger partial charge in [-0.3, -0.25) is 0 Å². The fourth-order valence-corrected chi connectivity index (χ4v) is 1.88. The molecule has 0 saturated carbocycles. The van der Waals surface area contributed by atoms with Crippen LogP contribution in [0.15, 0.2) is 24.3 Å². The Morgan fingerprint density at radius 1 is 1.11 bits per heavy atom. The molecule has 1 nitrogen and oxygen atoms in total. The molecule has 102 valence electrons. The lowest BCUT2D eigenvalue weighted by atomic mass is 10.0. The van der Waals surface area contributed by atoms with Crippen LogP contribution in [0.4, 0.5) is 13.2 Å². The van der Waals surface area contributed by atoms with E-state index in [0.29, 0.717) is 6.42 Å². The molecule has 1 atom stereocenters. The van der Waals surface area contributed by atoms with Crippen LogP contribution < -0.4 is 5.32 Å². The molecule has 0 heterocycles. The molecular formula is C14H20F3N. The Morgan fingerprint density at radius 2 is 1.67 bits per heavy atom. The molecule has 1 aromatic carbocycles. The van der Waals surface area contributed by atoms with Crippen LogP contribution in [-0.4, -0.2) is 19.3 Å². The molecule has 0 aliphatic heterocycles. The lowest BCUT2D eigenvalue weighted by molar-refractivity contribution is -0.136. The van der Waals surface area contributed by atoms with E-state index in [1.165, 1.54) is 5.56 Å². The Hall–Kier alpha value is -1.03. The average molecular weight is 259 g/mol. The highest BCUT2D eigenvalue weighted by Crippen LogP contribution is 2.23. The quantitative estimate of drug-likeness (QED) is 0.821. The van der Waals surface area contributed by atoms with Crippen molar-refractivity contribution in [3.05, 3.63) is 35.4 Å². The number of alkyl halides is 3. The van der Waals surface area contributed by atoms with E-state index in [9.17, 15) is 13.2 Å². The van der Waals surface area contributed by atoms with Gasteiger partial charge in [0.25, 0.3) is 0 Å². The van der Waals surface area contributed by atoms with Crippen molar-refractivity contribution in [2.75, 3.05) is 7.05 Å². The Bertz CT molecular complexity index is 343. The van der Waals surface area contributed by atoms with E-state index in [2.05, 4.69) is 12.2 Å².